The summed E-state index contributed by atoms with van der Waals surface area (Å²) in [6, 6.07) is 0.231. The largest absolute Gasteiger partial charge is 0.424 e. The Morgan fingerprint density at radius 3 is 2.70 bits per heavy atom. The van der Waals surface area contributed by atoms with Gasteiger partial charge in [0, 0.05) is 19.5 Å². The van der Waals surface area contributed by atoms with Gasteiger partial charge in [-0.25, -0.2) is 4.68 Å². The predicted molar refractivity (Wildman–Crippen MR) is 81.8 cm³/mol. The lowest BCUT2D eigenvalue weighted by Gasteiger charge is -2.36. The van der Waals surface area contributed by atoms with Crippen molar-refractivity contribution in [1.82, 2.24) is 30.1 Å². The van der Waals surface area contributed by atoms with Gasteiger partial charge in [0.2, 0.25) is 11.8 Å². The van der Waals surface area contributed by atoms with Gasteiger partial charge in [-0.3, -0.25) is 4.79 Å². The SMILES string of the molecule is Cc1nnc(Cn2nnc(C(=O)N3CC[C@@H](C)C[C@H]3C)c2C)o1. The topological polar surface area (TPSA) is 89.9 Å². The first-order valence-corrected chi connectivity index (χ1v) is 7.95. The molecule has 0 aromatic carbocycles. The molecule has 1 aliphatic rings. The van der Waals surface area contributed by atoms with Crippen molar-refractivity contribution in [3.63, 3.8) is 0 Å². The molecular formula is C15H22N6O2. The Morgan fingerprint density at radius 2 is 2.04 bits per heavy atom. The third-order valence-corrected chi connectivity index (χ3v) is 4.44. The molecule has 1 fully saturated rings. The molecule has 23 heavy (non-hydrogen) atoms. The summed E-state index contributed by atoms with van der Waals surface area (Å²) in [5, 5.41) is 15.9. The van der Waals surface area contributed by atoms with Crippen LogP contribution in [-0.4, -0.2) is 48.6 Å². The zero-order chi connectivity index (χ0) is 16.6. The first-order valence-electron chi connectivity index (χ1n) is 7.95. The predicted octanol–water partition coefficient (Wildman–Crippen LogP) is 1.59. The third-order valence-electron chi connectivity index (χ3n) is 4.44. The molecular weight excluding hydrogens is 296 g/mol. The van der Waals surface area contributed by atoms with Gasteiger partial charge in [0.15, 0.2) is 5.69 Å². The summed E-state index contributed by atoms with van der Waals surface area (Å²) in [6.45, 7) is 8.99. The summed E-state index contributed by atoms with van der Waals surface area (Å²) >= 11 is 0. The second-order valence-corrected chi connectivity index (χ2v) is 6.37. The minimum Gasteiger partial charge on any atom is -0.424 e. The van der Waals surface area contributed by atoms with Crippen LogP contribution in [0.3, 0.4) is 0 Å². The van der Waals surface area contributed by atoms with Gasteiger partial charge in [-0.2, -0.15) is 0 Å². The summed E-state index contributed by atoms with van der Waals surface area (Å²) in [6.07, 6.45) is 2.06. The minimum absolute atomic E-state index is 0.0464. The number of piperidine rings is 1. The van der Waals surface area contributed by atoms with Crippen LogP contribution in [0.1, 0.15) is 54.7 Å². The van der Waals surface area contributed by atoms with E-state index in [1.807, 2.05) is 11.8 Å². The monoisotopic (exact) mass is 318 g/mol. The van der Waals surface area contributed by atoms with Crippen LogP contribution in [0.2, 0.25) is 0 Å². The van der Waals surface area contributed by atoms with Crippen LogP contribution in [0.25, 0.3) is 0 Å². The molecule has 3 heterocycles. The molecule has 0 aliphatic carbocycles. The van der Waals surface area contributed by atoms with Crippen molar-refractivity contribution in [2.75, 3.05) is 6.54 Å². The Bertz CT molecular complexity index is 707. The molecule has 124 valence electrons. The third kappa shape index (κ3) is 3.11. The van der Waals surface area contributed by atoms with Crippen LogP contribution in [0, 0.1) is 19.8 Å². The Balaban J connectivity index is 1.77. The van der Waals surface area contributed by atoms with Crippen molar-refractivity contribution in [1.29, 1.82) is 0 Å². The van der Waals surface area contributed by atoms with Crippen molar-refractivity contribution in [3.8, 4) is 0 Å². The zero-order valence-electron chi connectivity index (χ0n) is 14.0. The number of hydrogen-bond acceptors (Lipinski definition) is 6. The molecule has 8 nitrogen and oxygen atoms in total. The second-order valence-electron chi connectivity index (χ2n) is 6.37. The van der Waals surface area contributed by atoms with Crippen molar-refractivity contribution < 1.29 is 9.21 Å². The average molecular weight is 318 g/mol. The molecule has 1 saturated heterocycles. The van der Waals surface area contributed by atoms with Gasteiger partial charge >= 0.3 is 0 Å². The fraction of sp³-hybridized carbons (Fsp3) is 0.667. The zero-order valence-corrected chi connectivity index (χ0v) is 14.0. The smallest absolute Gasteiger partial charge is 0.276 e. The Hall–Kier alpha value is -2.25. The number of carbonyl (C=O) groups excluding carboxylic acids is 1. The van der Waals surface area contributed by atoms with Gasteiger partial charge in [0.1, 0.15) is 6.54 Å². The standard InChI is InChI=1S/C15H22N6O2/c1-9-5-6-20(10(2)7-9)15(22)14-11(3)21(19-18-14)8-13-17-16-12(4)23-13/h9-10H,5-8H2,1-4H3/t9-,10-/m1/s1. The highest BCUT2D eigenvalue weighted by Gasteiger charge is 2.30. The summed E-state index contributed by atoms with van der Waals surface area (Å²) in [7, 11) is 0. The van der Waals surface area contributed by atoms with Gasteiger partial charge in [-0.15, -0.1) is 15.3 Å². The number of rotatable bonds is 3. The number of carbonyl (C=O) groups is 1. The molecule has 1 aliphatic heterocycles. The van der Waals surface area contributed by atoms with Gasteiger partial charge in [0.25, 0.3) is 5.91 Å². The summed E-state index contributed by atoms with van der Waals surface area (Å²) < 4.78 is 6.97. The number of aryl methyl sites for hydroxylation is 1. The molecule has 1 amide bonds. The van der Waals surface area contributed by atoms with Gasteiger partial charge in [-0.05, 0) is 32.6 Å². The molecule has 0 N–H and O–H groups in total. The van der Waals surface area contributed by atoms with E-state index >= 15 is 0 Å². The average Bonchev–Trinajstić information content (AvgIpc) is 3.06. The van der Waals surface area contributed by atoms with E-state index in [-0.39, 0.29) is 11.9 Å². The molecule has 0 bridgehead atoms. The molecule has 2 aromatic rings. The molecule has 2 aromatic heterocycles. The molecule has 8 heteroatoms. The Morgan fingerprint density at radius 1 is 1.26 bits per heavy atom. The Labute approximate surface area is 134 Å². The second kappa shape index (κ2) is 6.10. The van der Waals surface area contributed by atoms with Crippen molar-refractivity contribution in [3.05, 3.63) is 23.2 Å². The fourth-order valence-corrected chi connectivity index (χ4v) is 3.08. The summed E-state index contributed by atoms with van der Waals surface area (Å²) in [5.74, 6) is 1.57. The molecule has 0 radical (unpaired) electrons. The van der Waals surface area contributed by atoms with Crippen molar-refractivity contribution in [2.24, 2.45) is 5.92 Å². The lowest BCUT2D eigenvalue weighted by molar-refractivity contribution is 0.0581. The van der Waals surface area contributed by atoms with E-state index in [9.17, 15) is 4.79 Å². The quantitative estimate of drug-likeness (QED) is 0.853. The molecule has 0 unspecified atom stereocenters. The van der Waals surface area contributed by atoms with Crippen LogP contribution in [0.4, 0.5) is 0 Å². The lowest BCUT2D eigenvalue weighted by atomic mass is 9.93. The molecule has 2 atom stereocenters. The lowest BCUT2D eigenvalue weighted by Crippen LogP contribution is -2.44. The van der Waals surface area contributed by atoms with E-state index in [1.54, 1.807) is 11.6 Å². The normalized spacial score (nSPS) is 21.7. The first kappa shape index (κ1) is 15.6. The van der Waals surface area contributed by atoms with Gasteiger partial charge in [0.05, 0.1) is 5.69 Å². The van der Waals surface area contributed by atoms with Crippen LogP contribution in [0.15, 0.2) is 4.42 Å². The first-order chi connectivity index (χ1) is 11.0. The van der Waals surface area contributed by atoms with E-state index in [1.165, 1.54) is 0 Å². The van der Waals surface area contributed by atoms with Gasteiger partial charge < -0.3 is 9.32 Å². The Kier molecular flexibility index (Phi) is 4.14. The highest BCUT2D eigenvalue weighted by atomic mass is 16.4. The number of likely N-dealkylation sites (tertiary alicyclic amines) is 1. The van der Waals surface area contributed by atoms with Crippen LogP contribution in [-0.2, 0) is 6.54 Å². The van der Waals surface area contributed by atoms with E-state index in [0.29, 0.717) is 29.9 Å². The summed E-state index contributed by atoms with van der Waals surface area (Å²) in [5.41, 5.74) is 1.12. The number of amides is 1. The minimum atomic E-state index is -0.0464. The van der Waals surface area contributed by atoms with Crippen molar-refractivity contribution in [2.45, 2.75) is 53.1 Å². The number of hydrogen-bond donors (Lipinski definition) is 0. The number of nitrogens with zero attached hydrogens (tertiary/aromatic N) is 6. The maximum absolute atomic E-state index is 12.8. The molecule has 3 rings (SSSR count). The van der Waals surface area contributed by atoms with Crippen molar-refractivity contribution >= 4 is 5.91 Å². The van der Waals surface area contributed by atoms with Crippen LogP contribution >= 0.6 is 0 Å². The number of aromatic nitrogens is 5. The molecule has 0 spiro atoms. The van der Waals surface area contributed by atoms with E-state index in [0.717, 1.165) is 25.1 Å². The van der Waals surface area contributed by atoms with Crippen LogP contribution in [0.5, 0.6) is 0 Å². The summed E-state index contributed by atoms with van der Waals surface area (Å²) in [4.78, 5) is 14.7. The highest BCUT2D eigenvalue weighted by Crippen LogP contribution is 2.24. The maximum atomic E-state index is 12.8. The van der Waals surface area contributed by atoms with E-state index < -0.39 is 0 Å². The van der Waals surface area contributed by atoms with E-state index in [4.69, 9.17) is 4.42 Å². The van der Waals surface area contributed by atoms with Gasteiger partial charge in [-0.1, -0.05) is 12.1 Å². The van der Waals surface area contributed by atoms with Crippen LogP contribution < -0.4 is 0 Å². The fourth-order valence-electron chi connectivity index (χ4n) is 3.08. The molecule has 0 saturated carbocycles. The maximum Gasteiger partial charge on any atom is 0.276 e. The highest BCUT2D eigenvalue weighted by molar-refractivity contribution is 5.93. The van der Waals surface area contributed by atoms with E-state index in [2.05, 4.69) is 34.4 Å².